The van der Waals surface area contributed by atoms with Crippen molar-refractivity contribution in [3.8, 4) is 0 Å². The third-order valence-electron chi connectivity index (χ3n) is 4.22. The van der Waals surface area contributed by atoms with Crippen LogP contribution in [0.15, 0.2) is 24.3 Å². The summed E-state index contributed by atoms with van der Waals surface area (Å²) in [5.41, 5.74) is 2.33. The van der Waals surface area contributed by atoms with Crippen molar-refractivity contribution in [2.45, 2.75) is 45.6 Å². The Labute approximate surface area is 111 Å². The fraction of sp³-hybridized carbons (Fsp3) is 0.625. The average molecular weight is 247 g/mol. The van der Waals surface area contributed by atoms with Gasteiger partial charge in [-0.05, 0) is 42.9 Å². The molecule has 0 unspecified atom stereocenters. The molecule has 1 N–H and O–H groups in total. The van der Waals surface area contributed by atoms with E-state index in [0.29, 0.717) is 0 Å². The van der Waals surface area contributed by atoms with Gasteiger partial charge >= 0.3 is 0 Å². The first-order valence-corrected chi connectivity index (χ1v) is 7.27. The molecular formula is C16H25NO. The molecule has 1 heterocycles. The summed E-state index contributed by atoms with van der Waals surface area (Å²) in [5.74, 6) is 0.919. The van der Waals surface area contributed by atoms with Crippen LogP contribution < -0.4 is 4.90 Å². The Kier molecular flexibility index (Phi) is 4.65. The minimum Gasteiger partial charge on any atom is -0.388 e. The second-order valence-corrected chi connectivity index (χ2v) is 5.35. The normalized spacial score (nSPS) is 18.9. The molecule has 2 heteroatoms. The average Bonchev–Trinajstić information content (AvgIpc) is 2.47. The SMILES string of the molecule is CCC1CCN(c2ccc([C@H](O)CC)cc2)CC1. The van der Waals surface area contributed by atoms with Crippen LogP contribution in [0.1, 0.15) is 51.2 Å². The molecule has 1 aliphatic rings. The van der Waals surface area contributed by atoms with Gasteiger partial charge in [0.15, 0.2) is 0 Å². The first-order chi connectivity index (χ1) is 8.74. The maximum absolute atomic E-state index is 9.78. The Morgan fingerprint density at radius 3 is 2.28 bits per heavy atom. The molecule has 1 fully saturated rings. The van der Waals surface area contributed by atoms with E-state index in [2.05, 4.69) is 36.1 Å². The van der Waals surface area contributed by atoms with Gasteiger partial charge in [0.25, 0.3) is 0 Å². The van der Waals surface area contributed by atoms with Gasteiger partial charge in [0.05, 0.1) is 6.10 Å². The molecule has 2 nitrogen and oxygen atoms in total. The molecule has 0 radical (unpaired) electrons. The molecule has 1 aromatic carbocycles. The van der Waals surface area contributed by atoms with E-state index in [9.17, 15) is 5.11 Å². The lowest BCUT2D eigenvalue weighted by Gasteiger charge is -2.33. The molecule has 1 atom stereocenters. The number of hydrogen-bond acceptors (Lipinski definition) is 2. The molecule has 0 saturated carbocycles. The standard InChI is InChI=1S/C16H25NO/c1-3-13-9-11-17(12-10-13)15-7-5-14(6-8-15)16(18)4-2/h5-8,13,16,18H,3-4,9-12H2,1-2H3/t16-/m1/s1. The summed E-state index contributed by atoms with van der Waals surface area (Å²) in [6.07, 6.45) is 4.41. The van der Waals surface area contributed by atoms with Gasteiger partial charge in [-0.1, -0.05) is 32.4 Å². The van der Waals surface area contributed by atoms with Gasteiger partial charge < -0.3 is 10.0 Å². The smallest absolute Gasteiger partial charge is 0.0787 e. The topological polar surface area (TPSA) is 23.5 Å². The highest BCUT2D eigenvalue weighted by atomic mass is 16.3. The summed E-state index contributed by atoms with van der Waals surface area (Å²) in [6.45, 7) is 6.65. The second kappa shape index (κ2) is 6.24. The molecule has 0 bridgehead atoms. The van der Waals surface area contributed by atoms with Gasteiger partial charge in [-0.2, -0.15) is 0 Å². The van der Waals surface area contributed by atoms with Crippen LogP contribution in [0.2, 0.25) is 0 Å². The second-order valence-electron chi connectivity index (χ2n) is 5.35. The zero-order valence-corrected chi connectivity index (χ0v) is 11.6. The van der Waals surface area contributed by atoms with Gasteiger partial charge in [-0.3, -0.25) is 0 Å². The fourth-order valence-electron chi connectivity index (χ4n) is 2.74. The van der Waals surface area contributed by atoms with Crippen LogP contribution in [0.5, 0.6) is 0 Å². The quantitative estimate of drug-likeness (QED) is 0.875. The highest BCUT2D eigenvalue weighted by molar-refractivity contribution is 5.48. The predicted molar refractivity (Wildman–Crippen MR) is 76.9 cm³/mol. The maximum Gasteiger partial charge on any atom is 0.0787 e. The lowest BCUT2D eigenvalue weighted by molar-refractivity contribution is 0.173. The molecule has 0 amide bonds. The molecule has 1 saturated heterocycles. The Balaban J connectivity index is 1.98. The molecule has 0 aromatic heterocycles. The van der Waals surface area contributed by atoms with Crippen LogP contribution in [0.3, 0.4) is 0 Å². The van der Waals surface area contributed by atoms with Crippen molar-refractivity contribution >= 4 is 5.69 Å². The Morgan fingerprint density at radius 2 is 1.78 bits per heavy atom. The van der Waals surface area contributed by atoms with Crippen molar-refractivity contribution in [2.75, 3.05) is 18.0 Å². The zero-order valence-electron chi connectivity index (χ0n) is 11.6. The summed E-state index contributed by atoms with van der Waals surface area (Å²) in [7, 11) is 0. The third kappa shape index (κ3) is 3.05. The highest BCUT2D eigenvalue weighted by Gasteiger charge is 2.18. The molecule has 1 aromatic rings. The van der Waals surface area contributed by atoms with E-state index < -0.39 is 0 Å². The number of hydrogen-bond donors (Lipinski definition) is 1. The minimum absolute atomic E-state index is 0.315. The van der Waals surface area contributed by atoms with Gasteiger partial charge in [0.2, 0.25) is 0 Å². The molecule has 2 rings (SSSR count). The fourth-order valence-corrected chi connectivity index (χ4v) is 2.74. The van der Waals surface area contributed by atoms with Crippen molar-refractivity contribution in [2.24, 2.45) is 5.92 Å². The van der Waals surface area contributed by atoms with Crippen molar-refractivity contribution in [3.63, 3.8) is 0 Å². The largest absolute Gasteiger partial charge is 0.388 e. The van der Waals surface area contributed by atoms with Crippen LogP contribution in [0, 0.1) is 5.92 Å². The first-order valence-electron chi connectivity index (χ1n) is 7.27. The summed E-state index contributed by atoms with van der Waals surface area (Å²) in [6, 6.07) is 8.44. The Morgan fingerprint density at radius 1 is 1.17 bits per heavy atom. The van der Waals surface area contributed by atoms with Gasteiger partial charge in [0, 0.05) is 18.8 Å². The molecular weight excluding hydrogens is 222 g/mol. The highest BCUT2D eigenvalue weighted by Crippen LogP contribution is 2.26. The third-order valence-corrected chi connectivity index (χ3v) is 4.22. The lowest BCUT2D eigenvalue weighted by atomic mass is 9.94. The Bertz CT molecular complexity index is 352. The van der Waals surface area contributed by atoms with E-state index in [4.69, 9.17) is 0 Å². The maximum atomic E-state index is 9.78. The molecule has 0 spiro atoms. The number of nitrogens with zero attached hydrogens (tertiary/aromatic N) is 1. The number of anilines is 1. The molecule has 1 aliphatic heterocycles. The first kappa shape index (κ1) is 13.4. The van der Waals surface area contributed by atoms with E-state index in [-0.39, 0.29) is 6.10 Å². The van der Waals surface area contributed by atoms with Crippen LogP contribution in [-0.4, -0.2) is 18.2 Å². The summed E-state index contributed by atoms with van der Waals surface area (Å²) in [4.78, 5) is 2.47. The number of rotatable bonds is 4. The van der Waals surface area contributed by atoms with Gasteiger partial charge in [0.1, 0.15) is 0 Å². The van der Waals surface area contributed by atoms with Crippen molar-refractivity contribution in [3.05, 3.63) is 29.8 Å². The number of aliphatic hydroxyl groups is 1. The number of benzene rings is 1. The summed E-state index contributed by atoms with van der Waals surface area (Å²) >= 11 is 0. The van der Waals surface area contributed by atoms with Crippen LogP contribution in [-0.2, 0) is 0 Å². The van der Waals surface area contributed by atoms with Crippen LogP contribution in [0.25, 0.3) is 0 Å². The van der Waals surface area contributed by atoms with E-state index in [1.165, 1.54) is 38.0 Å². The molecule has 18 heavy (non-hydrogen) atoms. The van der Waals surface area contributed by atoms with Crippen molar-refractivity contribution in [1.29, 1.82) is 0 Å². The van der Waals surface area contributed by atoms with E-state index in [1.54, 1.807) is 0 Å². The minimum atomic E-state index is -0.315. The zero-order chi connectivity index (χ0) is 13.0. The van der Waals surface area contributed by atoms with E-state index in [0.717, 1.165) is 17.9 Å². The van der Waals surface area contributed by atoms with Crippen LogP contribution >= 0.6 is 0 Å². The lowest BCUT2D eigenvalue weighted by Crippen LogP contribution is -2.33. The van der Waals surface area contributed by atoms with E-state index in [1.807, 2.05) is 6.92 Å². The van der Waals surface area contributed by atoms with Gasteiger partial charge in [-0.25, -0.2) is 0 Å². The number of aliphatic hydroxyl groups excluding tert-OH is 1. The van der Waals surface area contributed by atoms with Crippen molar-refractivity contribution in [1.82, 2.24) is 0 Å². The summed E-state index contributed by atoms with van der Waals surface area (Å²) < 4.78 is 0. The molecule has 100 valence electrons. The predicted octanol–water partition coefficient (Wildman–Crippen LogP) is 3.76. The number of piperidine rings is 1. The van der Waals surface area contributed by atoms with Crippen LogP contribution in [0.4, 0.5) is 5.69 Å². The summed E-state index contributed by atoms with van der Waals surface area (Å²) in [5, 5.41) is 9.78. The van der Waals surface area contributed by atoms with Gasteiger partial charge in [-0.15, -0.1) is 0 Å². The van der Waals surface area contributed by atoms with Crippen molar-refractivity contribution < 1.29 is 5.11 Å². The van der Waals surface area contributed by atoms with E-state index >= 15 is 0 Å². The monoisotopic (exact) mass is 247 g/mol. The Hall–Kier alpha value is -1.02. The molecule has 0 aliphatic carbocycles.